The first-order chi connectivity index (χ1) is 7.35. The van der Waals surface area contributed by atoms with Gasteiger partial charge in [0.1, 0.15) is 4.83 Å². The molecule has 1 nitrogen and oxygen atoms in total. The van der Waals surface area contributed by atoms with E-state index in [1.165, 1.54) is 0 Å². The third-order valence-electron chi connectivity index (χ3n) is 2.89. The zero-order valence-corrected chi connectivity index (χ0v) is 11.7. The number of hydrogen-bond acceptors (Lipinski definition) is 1. The molecule has 0 aromatic rings. The molecule has 5 heteroatoms. The summed E-state index contributed by atoms with van der Waals surface area (Å²) in [5.41, 5.74) is 0. The van der Waals surface area contributed by atoms with E-state index < -0.39 is 11.0 Å². The van der Waals surface area contributed by atoms with Crippen LogP contribution in [0.3, 0.4) is 0 Å². The van der Waals surface area contributed by atoms with E-state index in [4.69, 9.17) is 0 Å². The molecule has 0 N–H and O–H groups in total. The molecule has 0 spiro atoms. The fraction of sp³-hybridized carbons (Fsp3) is 1.00. The standard InChI is InChI=1S/C11H21BrF3N/c1-4-9(5-2)7-16(6-3)8-10(12)11(13,14)15/h9-10H,4-8H2,1-3H3. The molecule has 16 heavy (non-hydrogen) atoms. The monoisotopic (exact) mass is 303 g/mol. The predicted molar refractivity (Wildman–Crippen MR) is 65.0 cm³/mol. The first-order valence-electron chi connectivity index (χ1n) is 5.78. The molecular weight excluding hydrogens is 283 g/mol. The Hall–Kier alpha value is 0.230. The van der Waals surface area contributed by atoms with Gasteiger partial charge < -0.3 is 4.90 Å². The molecule has 0 rings (SSSR count). The normalized spacial score (nSPS) is 14.8. The van der Waals surface area contributed by atoms with Crippen molar-refractivity contribution < 1.29 is 13.2 Å². The SMILES string of the molecule is CCC(CC)CN(CC)CC(Br)C(F)(F)F. The van der Waals surface area contributed by atoms with Gasteiger partial charge in [0.2, 0.25) is 0 Å². The molecule has 0 aliphatic carbocycles. The van der Waals surface area contributed by atoms with Crippen molar-refractivity contribution in [2.75, 3.05) is 19.6 Å². The molecule has 0 aliphatic rings. The lowest BCUT2D eigenvalue weighted by Gasteiger charge is -2.27. The van der Waals surface area contributed by atoms with Gasteiger partial charge in [-0.15, -0.1) is 0 Å². The third-order valence-corrected chi connectivity index (χ3v) is 3.70. The summed E-state index contributed by atoms with van der Waals surface area (Å²) in [5, 5.41) is 0. The Labute approximate surface area is 105 Å². The molecule has 1 atom stereocenters. The summed E-state index contributed by atoms with van der Waals surface area (Å²) in [4.78, 5) is 0.444. The predicted octanol–water partition coefficient (Wildman–Crippen LogP) is 4.07. The average molecular weight is 304 g/mol. The molecule has 0 fully saturated rings. The summed E-state index contributed by atoms with van der Waals surface area (Å²) >= 11 is 2.71. The molecule has 98 valence electrons. The Balaban J connectivity index is 4.19. The molecule has 0 amide bonds. The lowest BCUT2D eigenvalue weighted by molar-refractivity contribution is -0.130. The quantitative estimate of drug-likeness (QED) is 0.641. The van der Waals surface area contributed by atoms with Crippen LogP contribution in [0.25, 0.3) is 0 Å². The van der Waals surface area contributed by atoms with E-state index in [9.17, 15) is 13.2 Å². The highest BCUT2D eigenvalue weighted by Crippen LogP contribution is 2.27. The topological polar surface area (TPSA) is 3.24 Å². The summed E-state index contributed by atoms with van der Waals surface area (Å²) in [6, 6.07) is 0. The molecule has 0 aromatic carbocycles. The van der Waals surface area contributed by atoms with E-state index in [1.54, 1.807) is 0 Å². The second-order valence-corrected chi connectivity index (χ2v) is 5.15. The smallest absolute Gasteiger partial charge is 0.302 e. The van der Waals surface area contributed by atoms with E-state index in [0.717, 1.165) is 19.4 Å². The van der Waals surface area contributed by atoms with Crippen molar-refractivity contribution in [2.24, 2.45) is 5.92 Å². The Kier molecular flexibility index (Phi) is 7.64. The van der Waals surface area contributed by atoms with Gasteiger partial charge in [-0.1, -0.05) is 49.5 Å². The first-order valence-corrected chi connectivity index (χ1v) is 6.69. The van der Waals surface area contributed by atoms with E-state index in [2.05, 4.69) is 29.8 Å². The molecule has 0 aliphatic heterocycles. The number of rotatable bonds is 7. The molecule has 1 unspecified atom stereocenters. The minimum absolute atomic E-state index is 0.0382. The summed E-state index contributed by atoms with van der Waals surface area (Å²) in [5.74, 6) is 0.493. The van der Waals surface area contributed by atoms with Crippen molar-refractivity contribution >= 4 is 15.9 Å². The second-order valence-electron chi connectivity index (χ2n) is 4.04. The van der Waals surface area contributed by atoms with Gasteiger partial charge in [-0.2, -0.15) is 13.2 Å². The van der Waals surface area contributed by atoms with E-state index in [1.807, 2.05) is 11.8 Å². The van der Waals surface area contributed by atoms with Gasteiger partial charge in [0.05, 0.1) is 0 Å². The summed E-state index contributed by atoms with van der Waals surface area (Å²) in [7, 11) is 0. The van der Waals surface area contributed by atoms with Crippen molar-refractivity contribution in [3.05, 3.63) is 0 Å². The number of halogens is 4. The van der Waals surface area contributed by atoms with Crippen LogP contribution in [-0.2, 0) is 0 Å². The average Bonchev–Trinajstić information content (AvgIpc) is 2.22. The van der Waals surface area contributed by atoms with Crippen LogP contribution in [0, 0.1) is 5.92 Å². The highest BCUT2D eigenvalue weighted by Gasteiger charge is 2.38. The van der Waals surface area contributed by atoms with Crippen molar-refractivity contribution in [3.8, 4) is 0 Å². The van der Waals surface area contributed by atoms with Crippen molar-refractivity contribution in [1.29, 1.82) is 0 Å². The van der Waals surface area contributed by atoms with Crippen LogP contribution < -0.4 is 0 Å². The van der Waals surface area contributed by atoms with Crippen LogP contribution in [0.5, 0.6) is 0 Å². The van der Waals surface area contributed by atoms with Crippen molar-refractivity contribution in [2.45, 2.75) is 44.6 Å². The lowest BCUT2D eigenvalue weighted by atomic mass is 10.0. The Morgan fingerprint density at radius 2 is 1.56 bits per heavy atom. The summed E-state index contributed by atoms with van der Waals surface area (Å²) in [6.07, 6.45) is -2.11. The number of nitrogens with zero attached hydrogens (tertiary/aromatic N) is 1. The van der Waals surface area contributed by atoms with Crippen LogP contribution >= 0.6 is 15.9 Å². The highest BCUT2D eigenvalue weighted by atomic mass is 79.9. The Morgan fingerprint density at radius 1 is 1.06 bits per heavy atom. The van der Waals surface area contributed by atoms with Crippen LogP contribution in [0.4, 0.5) is 13.2 Å². The van der Waals surface area contributed by atoms with E-state index in [-0.39, 0.29) is 6.54 Å². The van der Waals surface area contributed by atoms with Gasteiger partial charge >= 0.3 is 6.18 Å². The van der Waals surface area contributed by atoms with Crippen molar-refractivity contribution in [1.82, 2.24) is 4.90 Å². The first kappa shape index (κ1) is 16.2. The molecule has 0 saturated carbocycles. The van der Waals surface area contributed by atoms with Gasteiger partial charge in [-0.3, -0.25) is 0 Å². The molecule has 0 aromatic heterocycles. The van der Waals surface area contributed by atoms with Crippen LogP contribution in [0.1, 0.15) is 33.6 Å². The van der Waals surface area contributed by atoms with Gasteiger partial charge in [-0.05, 0) is 12.5 Å². The van der Waals surface area contributed by atoms with Crippen LogP contribution in [0.15, 0.2) is 0 Å². The lowest BCUT2D eigenvalue weighted by Crippen LogP contribution is -2.39. The van der Waals surface area contributed by atoms with Gasteiger partial charge in [-0.25, -0.2) is 0 Å². The maximum Gasteiger partial charge on any atom is 0.402 e. The Morgan fingerprint density at radius 3 is 1.88 bits per heavy atom. The van der Waals surface area contributed by atoms with Gasteiger partial charge in [0.25, 0.3) is 0 Å². The summed E-state index contributed by atoms with van der Waals surface area (Å²) in [6.45, 7) is 7.51. The fourth-order valence-corrected chi connectivity index (χ4v) is 1.98. The minimum Gasteiger partial charge on any atom is -0.302 e. The van der Waals surface area contributed by atoms with Crippen LogP contribution in [0.2, 0.25) is 0 Å². The molecular formula is C11H21BrF3N. The van der Waals surface area contributed by atoms with E-state index >= 15 is 0 Å². The molecule has 0 saturated heterocycles. The Bertz CT molecular complexity index is 181. The van der Waals surface area contributed by atoms with E-state index in [0.29, 0.717) is 12.5 Å². The zero-order valence-electron chi connectivity index (χ0n) is 10.1. The molecule has 0 bridgehead atoms. The largest absolute Gasteiger partial charge is 0.402 e. The number of hydrogen-bond donors (Lipinski definition) is 0. The fourth-order valence-electron chi connectivity index (χ4n) is 1.57. The maximum atomic E-state index is 12.4. The second kappa shape index (κ2) is 7.54. The van der Waals surface area contributed by atoms with Crippen LogP contribution in [-0.4, -0.2) is 35.5 Å². The summed E-state index contributed by atoms with van der Waals surface area (Å²) < 4.78 is 37.1. The number of alkyl halides is 4. The molecule has 0 heterocycles. The molecule has 0 radical (unpaired) electrons. The zero-order chi connectivity index (χ0) is 12.8. The minimum atomic E-state index is -4.15. The third kappa shape index (κ3) is 6.09. The van der Waals surface area contributed by atoms with Crippen molar-refractivity contribution in [3.63, 3.8) is 0 Å². The van der Waals surface area contributed by atoms with Gasteiger partial charge in [0.15, 0.2) is 0 Å². The van der Waals surface area contributed by atoms with Gasteiger partial charge in [0, 0.05) is 13.1 Å². The highest BCUT2D eigenvalue weighted by molar-refractivity contribution is 9.09. The maximum absolute atomic E-state index is 12.4.